The third-order valence-corrected chi connectivity index (χ3v) is 3.92. The summed E-state index contributed by atoms with van der Waals surface area (Å²) in [6, 6.07) is 14.0. The standard InChI is InChI=1S/C16H17NO3S/c1-3-12(2)20-16-10-9-14(21(17,18)19)11-15(16)13-7-5-4-6-8-13/h3-12H,1H2,2H3,(H2,17,18,19). The second kappa shape index (κ2) is 6.11. The molecule has 0 aliphatic heterocycles. The number of hydrogen-bond acceptors (Lipinski definition) is 3. The molecule has 2 aromatic rings. The van der Waals surface area contributed by atoms with Gasteiger partial charge in [-0.2, -0.15) is 0 Å². The molecule has 0 heterocycles. The number of ether oxygens (including phenoxy) is 1. The molecule has 0 aliphatic carbocycles. The second-order valence-electron chi connectivity index (χ2n) is 4.63. The highest BCUT2D eigenvalue weighted by atomic mass is 32.2. The molecule has 5 heteroatoms. The van der Waals surface area contributed by atoms with Gasteiger partial charge in [0.25, 0.3) is 0 Å². The van der Waals surface area contributed by atoms with E-state index in [2.05, 4.69) is 6.58 Å². The SMILES string of the molecule is C=CC(C)Oc1ccc(S(N)(=O)=O)cc1-c1ccccc1. The zero-order chi connectivity index (χ0) is 15.5. The average Bonchev–Trinajstić information content (AvgIpc) is 2.47. The molecule has 1 unspecified atom stereocenters. The van der Waals surface area contributed by atoms with E-state index >= 15 is 0 Å². The Kier molecular flexibility index (Phi) is 4.45. The maximum absolute atomic E-state index is 11.5. The summed E-state index contributed by atoms with van der Waals surface area (Å²) in [5, 5.41) is 5.20. The van der Waals surface area contributed by atoms with Crippen molar-refractivity contribution < 1.29 is 13.2 Å². The molecule has 21 heavy (non-hydrogen) atoms. The first kappa shape index (κ1) is 15.3. The Bertz CT molecular complexity index is 739. The number of sulfonamides is 1. The van der Waals surface area contributed by atoms with E-state index < -0.39 is 10.0 Å². The molecule has 2 aromatic carbocycles. The summed E-state index contributed by atoms with van der Waals surface area (Å²) in [6.07, 6.45) is 1.48. The summed E-state index contributed by atoms with van der Waals surface area (Å²) >= 11 is 0. The van der Waals surface area contributed by atoms with Crippen LogP contribution in [0.15, 0.2) is 66.1 Å². The summed E-state index contributed by atoms with van der Waals surface area (Å²) in [7, 11) is -3.76. The van der Waals surface area contributed by atoms with Gasteiger partial charge in [-0.1, -0.05) is 43.0 Å². The van der Waals surface area contributed by atoms with E-state index in [-0.39, 0.29) is 11.0 Å². The number of benzene rings is 2. The lowest BCUT2D eigenvalue weighted by Gasteiger charge is -2.16. The molecular formula is C16H17NO3S. The highest BCUT2D eigenvalue weighted by molar-refractivity contribution is 7.89. The lowest BCUT2D eigenvalue weighted by atomic mass is 10.0. The first-order chi connectivity index (χ1) is 9.91. The molecule has 110 valence electrons. The number of primary sulfonamides is 1. The van der Waals surface area contributed by atoms with E-state index in [1.807, 2.05) is 37.3 Å². The maximum atomic E-state index is 11.5. The van der Waals surface area contributed by atoms with E-state index in [9.17, 15) is 8.42 Å². The van der Waals surface area contributed by atoms with Crippen LogP contribution in [-0.2, 0) is 10.0 Å². The molecule has 0 radical (unpaired) electrons. The second-order valence-corrected chi connectivity index (χ2v) is 6.19. The minimum absolute atomic E-state index is 0.0555. The number of rotatable bonds is 5. The van der Waals surface area contributed by atoms with E-state index in [0.29, 0.717) is 11.3 Å². The van der Waals surface area contributed by atoms with Gasteiger partial charge in [0.2, 0.25) is 10.0 Å². The zero-order valence-electron chi connectivity index (χ0n) is 11.7. The van der Waals surface area contributed by atoms with Gasteiger partial charge in [-0.25, -0.2) is 13.6 Å². The van der Waals surface area contributed by atoms with Crippen molar-refractivity contribution in [1.29, 1.82) is 0 Å². The highest BCUT2D eigenvalue weighted by Crippen LogP contribution is 2.32. The molecule has 0 bridgehead atoms. The van der Waals surface area contributed by atoms with Crippen LogP contribution in [0.5, 0.6) is 5.75 Å². The summed E-state index contributed by atoms with van der Waals surface area (Å²) < 4.78 is 28.8. The quantitative estimate of drug-likeness (QED) is 0.863. The van der Waals surface area contributed by atoms with E-state index in [1.165, 1.54) is 12.1 Å². The van der Waals surface area contributed by atoms with Crippen molar-refractivity contribution in [3.8, 4) is 16.9 Å². The van der Waals surface area contributed by atoms with Crippen LogP contribution >= 0.6 is 0 Å². The number of hydrogen-bond donors (Lipinski definition) is 1. The molecule has 0 spiro atoms. The lowest BCUT2D eigenvalue weighted by Crippen LogP contribution is -2.13. The van der Waals surface area contributed by atoms with Gasteiger partial charge in [0.15, 0.2) is 0 Å². The van der Waals surface area contributed by atoms with Crippen LogP contribution in [0.1, 0.15) is 6.92 Å². The summed E-state index contributed by atoms with van der Waals surface area (Å²) in [6.45, 7) is 5.53. The molecule has 1 atom stereocenters. The van der Waals surface area contributed by atoms with Gasteiger partial charge in [-0.15, -0.1) is 0 Å². The van der Waals surface area contributed by atoms with Crippen LogP contribution in [0.4, 0.5) is 0 Å². The van der Waals surface area contributed by atoms with Crippen molar-refractivity contribution in [3.63, 3.8) is 0 Å². The lowest BCUT2D eigenvalue weighted by molar-refractivity contribution is 0.271. The Balaban J connectivity index is 2.58. The van der Waals surface area contributed by atoms with Gasteiger partial charge in [0.05, 0.1) is 4.90 Å². The zero-order valence-corrected chi connectivity index (χ0v) is 12.5. The van der Waals surface area contributed by atoms with Gasteiger partial charge in [0.1, 0.15) is 11.9 Å². The minimum atomic E-state index is -3.76. The molecule has 2 rings (SSSR count). The molecule has 0 amide bonds. The monoisotopic (exact) mass is 303 g/mol. The van der Waals surface area contributed by atoms with Crippen LogP contribution in [0.3, 0.4) is 0 Å². The van der Waals surface area contributed by atoms with Crippen molar-refractivity contribution in [2.75, 3.05) is 0 Å². The Morgan fingerprint density at radius 1 is 1.19 bits per heavy atom. The van der Waals surface area contributed by atoms with Crippen molar-refractivity contribution >= 4 is 10.0 Å². The molecule has 0 saturated heterocycles. The Hall–Kier alpha value is -2.11. The fraction of sp³-hybridized carbons (Fsp3) is 0.125. The predicted molar refractivity (Wildman–Crippen MR) is 83.5 cm³/mol. The fourth-order valence-electron chi connectivity index (χ4n) is 1.88. The Morgan fingerprint density at radius 2 is 1.86 bits per heavy atom. The van der Waals surface area contributed by atoms with Crippen molar-refractivity contribution in [3.05, 3.63) is 61.2 Å². The normalized spacial score (nSPS) is 12.7. The maximum Gasteiger partial charge on any atom is 0.238 e. The van der Waals surface area contributed by atoms with Crippen molar-refractivity contribution in [2.45, 2.75) is 17.9 Å². The topological polar surface area (TPSA) is 69.4 Å². The van der Waals surface area contributed by atoms with E-state index in [1.54, 1.807) is 12.1 Å². The summed E-state index contributed by atoms with van der Waals surface area (Å²) in [4.78, 5) is 0.0555. The molecule has 0 saturated carbocycles. The Labute approximate surface area is 124 Å². The molecule has 0 aliphatic rings. The van der Waals surface area contributed by atoms with Gasteiger partial charge >= 0.3 is 0 Å². The molecule has 0 fully saturated rings. The Morgan fingerprint density at radius 3 is 2.43 bits per heavy atom. The minimum Gasteiger partial charge on any atom is -0.486 e. The van der Waals surface area contributed by atoms with Crippen molar-refractivity contribution in [1.82, 2.24) is 0 Å². The van der Waals surface area contributed by atoms with Crippen LogP contribution in [0.25, 0.3) is 11.1 Å². The third-order valence-electron chi connectivity index (χ3n) is 3.01. The molecule has 4 nitrogen and oxygen atoms in total. The average molecular weight is 303 g/mol. The van der Waals surface area contributed by atoms with E-state index in [4.69, 9.17) is 9.88 Å². The first-order valence-electron chi connectivity index (χ1n) is 6.43. The largest absolute Gasteiger partial charge is 0.486 e. The van der Waals surface area contributed by atoms with Gasteiger partial charge in [0, 0.05) is 5.56 Å². The first-order valence-corrected chi connectivity index (χ1v) is 7.98. The molecule has 2 N–H and O–H groups in total. The fourth-order valence-corrected chi connectivity index (χ4v) is 2.42. The molecule has 0 aromatic heterocycles. The van der Waals surface area contributed by atoms with Gasteiger partial charge in [-0.05, 0) is 30.7 Å². The predicted octanol–water partition coefficient (Wildman–Crippen LogP) is 2.95. The van der Waals surface area contributed by atoms with Crippen LogP contribution in [-0.4, -0.2) is 14.5 Å². The van der Waals surface area contributed by atoms with Crippen molar-refractivity contribution in [2.24, 2.45) is 5.14 Å². The van der Waals surface area contributed by atoms with E-state index in [0.717, 1.165) is 5.56 Å². The van der Waals surface area contributed by atoms with Gasteiger partial charge < -0.3 is 4.74 Å². The third kappa shape index (κ3) is 3.71. The highest BCUT2D eigenvalue weighted by Gasteiger charge is 2.14. The summed E-state index contributed by atoms with van der Waals surface area (Å²) in [5.41, 5.74) is 1.53. The van der Waals surface area contributed by atoms with Gasteiger partial charge in [-0.3, -0.25) is 0 Å². The van der Waals surface area contributed by atoms with Crippen LogP contribution < -0.4 is 9.88 Å². The van der Waals surface area contributed by atoms with Crippen LogP contribution in [0, 0.1) is 0 Å². The molecular weight excluding hydrogens is 286 g/mol. The van der Waals surface area contributed by atoms with Crippen LogP contribution in [0.2, 0.25) is 0 Å². The number of nitrogens with two attached hydrogens (primary N) is 1. The smallest absolute Gasteiger partial charge is 0.238 e. The summed E-state index contributed by atoms with van der Waals surface area (Å²) in [5.74, 6) is 0.584.